The van der Waals surface area contributed by atoms with Crippen molar-refractivity contribution in [2.75, 3.05) is 11.5 Å². The molecule has 2 unspecified atom stereocenters. The number of amidine groups is 1. The maximum atomic E-state index is 11.9. The minimum atomic E-state index is -2.99. The molecule has 2 fully saturated rings. The fraction of sp³-hybridized carbons (Fsp3) is 0.467. The number of amides is 1. The first-order valence-corrected chi connectivity index (χ1v) is 9.98. The smallest absolute Gasteiger partial charge is 0.247 e. The van der Waals surface area contributed by atoms with Gasteiger partial charge in [-0.05, 0) is 5.56 Å². The van der Waals surface area contributed by atoms with Crippen molar-refractivity contribution in [3.63, 3.8) is 0 Å². The lowest BCUT2D eigenvalue weighted by atomic mass is 10.1. The van der Waals surface area contributed by atoms with E-state index in [2.05, 4.69) is 4.99 Å². The molecule has 5 nitrogen and oxygen atoms in total. The van der Waals surface area contributed by atoms with Gasteiger partial charge in [-0.25, -0.2) is 8.42 Å². The van der Waals surface area contributed by atoms with Gasteiger partial charge in [-0.1, -0.05) is 49.0 Å². The molecule has 1 aromatic rings. The standard InChI is InChI=1S/C15H18N2O3S2/c1-2-14(18)16-15-17(8-11-6-4-3-5-7-11)12-9-22(19,20)10-13(12)21-15/h3-7,12-13H,2,8-10H2,1H3. The highest BCUT2D eigenvalue weighted by molar-refractivity contribution is 8.15. The maximum Gasteiger partial charge on any atom is 0.247 e. The quantitative estimate of drug-likeness (QED) is 0.839. The third-order valence-electron chi connectivity index (χ3n) is 3.89. The van der Waals surface area contributed by atoms with Gasteiger partial charge < -0.3 is 4.90 Å². The van der Waals surface area contributed by atoms with Crippen molar-refractivity contribution in [2.24, 2.45) is 4.99 Å². The van der Waals surface area contributed by atoms with Gasteiger partial charge in [0.15, 0.2) is 15.0 Å². The number of rotatable bonds is 3. The van der Waals surface area contributed by atoms with Gasteiger partial charge in [0, 0.05) is 18.2 Å². The van der Waals surface area contributed by atoms with E-state index in [9.17, 15) is 13.2 Å². The largest absolute Gasteiger partial charge is 0.342 e. The number of hydrogen-bond acceptors (Lipinski definition) is 4. The number of sulfone groups is 1. The number of hydrogen-bond donors (Lipinski definition) is 0. The summed E-state index contributed by atoms with van der Waals surface area (Å²) in [5.41, 5.74) is 1.09. The van der Waals surface area contributed by atoms with Crippen LogP contribution in [0.25, 0.3) is 0 Å². The molecule has 0 radical (unpaired) electrons. The average Bonchev–Trinajstić information content (AvgIpc) is 2.93. The molecule has 1 aromatic carbocycles. The van der Waals surface area contributed by atoms with Crippen LogP contribution >= 0.6 is 11.8 Å². The molecule has 2 heterocycles. The minimum Gasteiger partial charge on any atom is -0.342 e. The van der Waals surface area contributed by atoms with Crippen LogP contribution < -0.4 is 0 Å². The van der Waals surface area contributed by atoms with E-state index in [1.54, 1.807) is 6.92 Å². The molecule has 2 aliphatic heterocycles. The van der Waals surface area contributed by atoms with Gasteiger partial charge in [0.25, 0.3) is 0 Å². The Balaban J connectivity index is 1.89. The van der Waals surface area contributed by atoms with Gasteiger partial charge in [0.2, 0.25) is 5.91 Å². The van der Waals surface area contributed by atoms with E-state index in [-0.39, 0.29) is 28.7 Å². The molecule has 0 spiro atoms. The van der Waals surface area contributed by atoms with E-state index in [0.717, 1.165) is 5.56 Å². The molecule has 3 rings (SSSR count). The molecule has 2 atom stereocenters. The highest BCUT2D eigenvalue weighted by atomic mass is 32.2. The molecule has 0 aromatic heterocycles. The van der Waals surface area contributed by atoms with Crippen LogP contribution in [0, 0.1) is 0 Å². The zero-order valence-corrected chi connectivity index (χ0v) is 13.9. The summed E-state index contributed by atoms with van der Waals surface area (Å²) in [5.74, 6) is 0.160. The predicted octanol–water partition coefficient (Wildman–Crippen LogP) is 1.69. The fourth-order valence-corrected chi connectivity index (χ4v) is 6.75. The summed E-state index contributed by atoms with van der Waals surface area (Å²) in [7, 11) is -2.99. The lowest BCUT2D eigenvalue weighted by Gasteiger charge is -2.24. The number of aliphatic imine (C=N–C) groups is 1. The highest BCUT2D eigenvalue weighted by Crippen LogP contribution is 2.39. The predicted molar refractivity (Wildman–Crippen MR) is 88.5 cm³/mol. The van der Waals surface area contributed by atoms with Crippen LogP contribution in [-0.4, -0.2) is 47.2 Å². The van der Waals surface area contributed by atoms with Crippen molar-refractivity contribution in [1.82, 2.24) is 4.90 Å². The normalized spacial score (nSPS) is 28.0. The molecular formula is C15H18N2O3S2. The number of nitrogens with zero attached hydrogens (tertiary/aromatic N) is 2. The van der Waals surface area contributed by atoms with E-state index in [1.807, 2.05) is 35.2 Å². The van der Waals surface area contributed by atoms with Crippen LogP contribution in [0.4, 0.5) is 0 Å². The molecule has 7 heteroatoms. The molecule has 0 saturated carbocycles. The zero-order chi connectivity index (χ0) is 15.7. The molecule has 22 heavy (non-hydrogen) atoms. The first kappa shape index (κ1) is 15.6. The number of benzene rings is 1. The summed E-state index contributed by atoms with van der Waals surface area (Å²) >= 11 is 1.43. The Morgan fingerprint density at radius 2 is 2.05 bits per heavy atom. The van der Waals surface area contributed by atoms with Crippen molar-refractivity contribution in [3.8, 4) is 0 Å². The molecular weight excluding hydrogens is 320 g/mol. The second-order valence-corrected chi connectivity index (χ2v) is 8.92. The van der Waals surface area contributed by atoms with Gasteiger partial charge in [0.1, 0.15) is 0 Å². The SMILES string of the molecule is CCC(=O)N=C1SC2CS(=O)(=O)CC2N1Cc1ccccc1. The van der Waals surface area contributed by atoms with Gasteiger partial charge in [-0.15, -0.1) is 0 Å². The Hall–Kier alpha value is -1.34. The summed E-state index contributed by atoms with van der Waals surface area (Å²) in [5, 5.41) is 0.651. The lowest BCUT2D eigenvalue weighted by molar-refractivity contribution is -0.117. The van der Waals surface area contributed by atoms with E-state index < -0.39 is 9.84 Å². The van der Waals surface area contributed by atoms with Crippen LogP contribution in [0.15, 0.2) is 35.3 Å². The second-order valence-electron chi connectivity index (χ2n) is 5.56. The average molecular weight is 338 g/mol. The Bertz CT molecular complexity index is 701. The van der Waals surface area contributed by atoms with Gasteiger partial charge in [-0.2, -0.15) is 4.99 Å². The van der Waals surface area contributed by atoms with Gasteiger partial charge >= 0.3 is 0 Å². The Kier molecular flexibility index (Phi) is 4.27. The van der Waals surface area contributed by atoms with E-state index in [1.165, 1.54) is 11.8 Å². The topological polar surface area (TPSA) is 66.8 Å². The van der Waals surface area contributed by atoms with Crippen LogP contribution in [0.1, 0.15) is 18.9 Å². The Morgan fingerprint density at radius 3 is 2.73 bits per heavy atom. The number of carbonyl (C=O) groups excluding carboxylic acids is 1. The van der Waals surface area contributed by atoms with Gasteiger partial charge in [0.05, 0.1) is 17.5 Å². The Labute approximate surface area is 134 Å². The van der Waals surface area contributed by atoms with E-state index >= 15 is 0 Å². The number of carbonyl (C=O) groups is 1. The molecule has 2 aliphatic rings. The fourth-order valence-electron chi connectivity index (χ4n) is 2.79. The maximum absolute atomic E-state index is 11.9. The summed E-state index contributed by atoms with van der Waals surface area (Å²) in [6.45, 7) is 2.36. The van der Waals surface area contributed by atoms with Crippen molar-refractivity contribution >= 4 is 32.7 Å². The van der Waals surface area contributed by atoms with Crippen molar-refractivity contribution < 1.29 is 13.2 Å². The monoisotopic (exact) mass is 338 g/mol. The molecule has 0 N–H and O–H groups in total. The van der Waals surface area contributed by atoms with Crippen LogP contribution in [0.3, 0.4) is 0 Å². The van der Waals surface area contributed by atoms with E-state index in [4.69, 9.17) is 0 Å². The van der Waals surface area contributed by atoms with Crippen LogP contribution in [0.5, 0.6) is 0 Å². The molecule has 118 valence electrons. The lowest BCUT2D eigenvalue weighted by Crippen LogP contribution is -2.37. The van der Waals surface area contributed by atoms with Crippen LogP contribution in [0.2, 0.25) is 0 Å². The van der Waals surface area contributed by atoms with Crippen molar-refractivity contribution in [2.45, 2.75) is 31.2 Å². The van der Waals surface area contributed by atoms with Crippen molar-refractivity contribution in [1.29, 1.82) is 0 Å². The summed E-state index contributed by atoms with van der Waals surface area (Å²) in [4.78, 5) is 17.8. The third kappa shape index (κ3) is 3.20. The minimum absolute atomic E-state index is 0.0166. The summed E-state index contributed by atoms with van der Waals surface area (Å²) in [6.07, 6.45) is 0.358. The first-order valence-electron chi connectivity index (χ1n) is 7.27. The van der Waals surface area contributed by atoms with E-state index in [0.29, 0.717) is 18.1 Å². The number of fused-ring (bicyclic) bond motifs is 1. The molecule has 0 aliphatic carbocycles. The summed E-state index contributed by atoms with van der Waals surface area (Å²) in [6, 6.07) is 9.77. The van der Waals surface area contributed by atoms with Crippen molar-refractivity contribution in [3.05, 3.63) is 35.9 Å². The second kappa shape index (κ2) is 6.04. The summed E-state index contributed by atoms with van der Waals surface area (Å²) < 4.78 is 23.8. The van der Waals surface area contributed by atoms with Crippen LogP contribution in [-0.2, 0) is 21.2 Å². The molecule has 2 saturated heterocycles. The molecule has 0 bridgehead atoms. The Morgan fingerprint density at radius 1 is 1.32 bits per heavy atom. The highest BCUT2D eigenvalue weighted by Gasteiger charge is 2.48. The molecule has 1 amide bonds. The third-order valence-corrected chi connectivity index (χ3v) is 7.14. The first-order chi connectivity index (χ1) is 10.5. The number of thioether (sulfide) groups is 1. The van der Waals surface area contributed by atoms with Gasteiger partial charge in [-0.3, -0.25) is 4.79 Å². The zero-order valence-electron chi connectivity index (χ0n) is 12.3.